The van der Waals surface area contributed by atoms with Gasteiger partial charge in [-0.3, -0.25) is 4.79 Å². The van der Waals surface area contributed by atoms with Gasteiger partial charge < -0.3 is 20.1 Å². The number of nitrogens with one attached hydrogen (secondary N) is 1. The number of carboxylic acid groups (broad SMARTS) is 1. The standard InChI is InChI=1S/C27H24N2O5/c1-29(18-12-10-17(11-13-18)24(30)31)25(32)27(14-15-27)28-26(33)34-16-23-21-8-4-2-6-19(21)20-7-3-5-9-22(20)23/h2-13,23H,14-16H2,1H3,(H,28,33)(H,30,31). The Morgan fingerprint density at radius 2 is 1.50 bits per heavy atom. The number of alkyl carbamates (subject to hydrolysis) is 1. The van der Waals surface area contributed by atoms with Gasteiger partial charge in [0.15, 0.2) is 0 Å². The van der Waals surface area contributed by atoms with Crippen LogP contribution in [-0.4, -0.2) is 42.3 Å². The van der Waals surface area contributed by atoms with Crippen LogP contribution in [-0.2, 0) is 9.53 Å². The van der Waals surface area contributed by atoms with Crippen LogP contribution >= 0.6 is 0 Å². The molecule has 0 spiro atoms. The number of aromatic carboxylic acids is 1. The van der Waals surface area contributed by atoms with Gasteiger partial charge in [0.25, 0.3) is 5.91 Å². The van der Waals surface area contributed by atoms with Crippen LogP contribution in [0.25, 0.3) is 11.1 Å². The molecule has 0 radical (unpaired) electrons. The second-order valence-corrected chi connectivity index (χ2v) is 8.75. The van der Waals surface area contributed by atoms with E-state index >= 15 is 0 Å². The monoisotopic (exact) mass is 456 g/mol. The van der Waals surface area contributed by atoms with Crippen LogP contribution < -0.4 is 10.2 Å². The van der Waals surface area contributed by atoms with E-state index in [0.29, 0.717) is 18.5 Å². The van der Waals surface area contributed by atoms with Crippen LogP contribution in [0, 0.1) is 0 Å². The normalized spacial score (nSPS) is 15.1. The fraction of sp³-hybridized carbons (Fsp3) is 0.222. The molecule has 0 aliphatic heterocycles. The summed E-state index contributed by atoms with van der Waals surface area (Å²) >= 11 is 0. The minimum absolute atomic E-state index is 0.0561. The molecule has 2 N–H and O–H groups in total. The predicted octanol–water partition coefficient (Wildman–Crippen LogP) is 4.42. The molecule has 5 rings (SSSR count). The van der Waals surface area contributed by atoms with E-state index in [9.17, 15) is 14.4 Å². The van der Waals surface area contributed by atoms with Crippen molar-refractivity contribution in [3.8, 4) is 11.1 Å². The lowest BCUT2D eigenvalue weighted by molar-refractivity contribution is -0.121. The Hall–Kier alpha value is -4.13. The summed E-state index contributed by atoms with van der Waals surface area (Å²) in [6.07, 6.45) is 0.420. The summed E-state index contributed by atoms with van der Waals surface area (Å²) in [6.45, 7) is 0.177. The smallest absolute Gasteiger partial charge is 0.408 e. The summed E-state index contributed by atoms with van der Waals surface area (Å²) in [5.74, 6) is -1.35. The molecule has 2 aliphatic rings. The molecule has 7 heteroatoms. The van der Waals surface area contributed by atoms with Crippen molar-refractivity contribution in [3.63, 3.8) is 0 Å². The number of amides is 2. The van der Waals surface area contributed by atoms with Gasteiger partial charge in [0.2, 0.25) is 0 Å². The van der Waals surface area contributed by atoms with Gasteiger partial charge in [-0.05, 0) is 59.4 Å². The summed E-state index contributed by atoms with van der Waals surface area (Å²) < 4.78 is 5.61. The van der Waals surface area contributed by atoms with Crippen molar-refractivity contribution >= 4 is 23.7 Å². The Morgan fingerprint density at radius 3 is 2.03 bits per heavy atom. The molecule has 0 bridgehead atoms. The lowest BCUT2D eigenvalue weighted by Crippen LogP contribution is -2.50. The van der Waals surface area contributed by atoms with Gasteiger partial charge in [-0.25, -0.2) is 9.59 Å². The fourth-order valence-corrected chi connectivity index (χ4v) is 4.61. The molecule has 0 unspecified atom stereocenters. The molecule has 0 aromatic heterocycles. The van der Waals surface area contributed by atoms with Crippen LogP contribution in [0.2, 0.25) is 0 Å². The van der Waals surface area contributed by atoms with Crippen LogP contribution in [0.5, 0.6) is 0 Å². The van der Waals surface area contributed by atoms with Crippen molar-refractivity contribution in [2.75, 3.05) is 18.6 Å². The first-order chi connectivity index (χ1) is 16.4. The molecule has 0 atom stereocenters. The van der Waals surface area contributed by atoms with Crippen LogP contribution in [0.15, 0.2) is 72.8 Å². The highest BCUT2D eigenvalue weighted by atomic mass is 16.5. The number of carbonyl (C=O) groups is 3. The second-order valence-electron chi connectivity index (χ2n) is 8.75. The number of likely N-dealkylation sites (N-methyl/N-ethyl adjacent to an activating group) is 1. The first kappa shape index (κ1) is 21.7. The van der Waals surface area contributed by atoms with Gasteiger partial charge in [0, 0.05) is 18.7 Å². The highest BCUT2D eigenvalue weighted by Gasteiger charge is 2.53. The number of rotatable bonds is 6. The average molecular weight is 456 g/mol. The molecule has 34 heavy (non-hydrogen) atoms. The highest BCUT2D eigenvalue weighted by molar-refractivity contribution is 6.03. The van der Waals surface area contributed by atoms with Crippen molar-refractivity contribution < 1.29 is 24.2 Å². The molecule has 7 nitrogen and oxygen atoms in total. The van der Waals surface area contributed by atoms with Gasteiger partial charge in [0.1, 0.15) is 12.1 Å². The Kier molecular flexibility index (Phi) is 5.32. The first-order valence-corrected chi connectivity index (χ1v) is 11.1. The van der Waals surface area contributed by atoms with Crippen molar-refractivity contribution in [2.45, 2.75) is 24.3 Å². The van der Waals surface area contributed by atoms with Gasteiger partial charge in [-0.1, -0.05) is 48.5 Å². The van der Waals surface area contributed by atoms with Crippen LogP contribution in [0.4, 0.5) is 10.5 Å². The molecular formula is C27H24N2O5. The summed E-state index contributed by atoms with van der Waals surface area (Å²) in [5.41, 5.74) is 4.24. The summed E-state index contributed by atoms with van der Waals surface area (Å²) in [6, 6.07) is 22.3. The zero-order valence-electron chi connectivity index (χ0n) is 18.7. The minimum atomic E-state index is -1.03. The molecular weight excluding hydrogens is 432 g/mol. The maximum atomic E-state index is 13.1. The molecule has 3 aromatic carbocycles. The first-order valence-electron chi connectivity index (χ1n) is 11.1. The SMILES string of the molecule is CN(C(=O)C1(NC(=O)OCC2c3ccccc3-c3ccccc32)CC1)c1ccc(C(=O)O)cc1. The summed E-state index contributed by atoms with van der Waals surface area (Å²) in [7, 11) is 1.61. The summed E-state index contributed by atoms with van der Waals surface area (Å²) in [5, 5.41) is 11.8. The number of fused-ring (bicyclic) bond motifs is 3. The van der Waals surface area contributed by atoms with E-state index in [-0.39, 0.29) is 24.0 Å². The van der Waals surface area contributed by atoms with E-state index in [1.54, 1.807) is 19.2 Å². The molecule has 2 amide bonds. The number of hydrogen-bond donors (Lipinski definition) is 2. The topological polar surface area (TPSA) is 95.9 Å². The third kappa shape index (κ3) is 3.79. The Balaban J connectivity index is 1.24. The Labute approximate surface area is 197 Å². The third-order valence-electron chi connectivity index (χ3n) is 6.65. The molecule has 2 aliphatic carbocycles. The maximum absolute atomic E-state index is 13.1. The van der Waals surface area contributed by atoms with E-state index in [2.05, 4.69) is 29.6 Å². The van der Waals surface area contributed by atoms with Crippen molar-refractivity contribution in [3.05, 3.63) is 89.5 Å². The number of benzene rings is 3. The quantitative estimate of drug-likeness (QED) is 0.573. The van der Waals surface area contributed by atoms with Crippen molar-refractivity contribution in [2.24, 2.45) is 0 Å². The van der Waals surface area contributed by atoms with Crippen LogP contribution in [0.3, 0.4) is 0 Å². The lowest BCUT2D eigenvalue weighted by atomic mass is 9.98. The maximum Gasteiger partial charge on any atom is 0.408 e. The van der Waals surface area contributed by atoms with E-state index in [1.165, 1.54) is 17.0 Å². The highest BCUT2D eigenvalue weighted by Crippen LogP contribution is 2.44. The van der Waals surface area contributed by atoms with E-state index < -0.39 is 17.6 Å². The van der Waals surface area contributed by atoms with Gasteiger partial charge >= 0.3 is 12.1 Å². The lowest BCUT2D eigenvalue weighted by Gasteiger charge is -2.24. The molecule has 0 heterocycles. The molecule has 172 valence electrons. The number of anilines is 1. The van der Waals surface area contributed by atoms with E-state index in [4.69, 9.17) is 9.84 Å². The van der Waals surface area contributed by atoms with Crippen molar-refractivity contribution in [1.29, 1.82) is 0 Å². The minimum Gasteiger partial charge on any atom is -0.478 e. The number of carbonyl (C=O) groups excluding carboxylic acids is 2. The van der Waals surface area contributed by atoms with Crippen molar-refractivity contribution in [1.82, 2.24) is 5.32 Å². The zero-order chi connectivity index (χ0) is 23.9. The Morgan fingerprint density at radius 1 is 0.941 bits per heavy atom. The van der Waals surface area contributed by atoms with E-state index in [1.807, 2.05) is 24.3 Å². The second kappa shape index (κ2) is 8.33. The zero-order valence-corrected chi connectivity index (χ0v) is 18.7. The molecule has 1 saturated carbocycles. The van der Waals surface area contributed by atoms with Gasteiger partial charge in [0.05, 0.1) is 5.56 Å². The molecule has 3 aromatic rings. The number of carboxylic acids is 1. The van der Waals surface area contributed by atoms with Gasteiger partial charge in [-0.2, -0.15) is 0 Å². The predicted molar refractivity (Wildman–Crippen MR) is 127 cm³/mol. The fourth-order valence-electron chi connectivity index (χ4n) is 4.61. The largest absolute Gasteiger partial charge is 0.478 e. The number of nitrogens with zero attached hydrogens (tertiary/aromatic N) is 1. The van der Waals surface area contributed by atoms with Gasteiger partial charge in [-0.15, -0.1) is 0 Å². The number of ether oxygens (including phenoxy) is 1. The number of hydrogen-bond acceptors (Lipinski definition) is 4. The third-order valence-corrected chi connectivity index (χ3v) is 6.65. The van der Waals surface area contributed by atoms with Crippen LogP contribution in [0.1, 0.15) is 40.2 Å². The Bertz CT molecular complexity index is 1230. The average Bonchev–Trinajstić information content (AvgIpc) is 3.57. The summed E-state index contributed by atoms with van der Waals surface area (Å²) in [4.78, 5) is 38.3. The van der Waals surface area contributed by atoms with E-state index in [0.717, 1.165) is 22.3 Å². The molecule has 1 fully saturated rings. The molecule has 0 saturated heterocycles.